The molecule has 0 aliphatic heterocycles. The quantitative estimate of drug-likeness (QED) is 0.329. The first-order chi connectivity index (χ1) is 2.64. The van der Waals surface area contributed by atoms with E-state index < -0.39 is 10.8 Å². The molecule has 1 unspecified atom stereocenters. The van der Waals surface area contributed by atoms with Gasteiger partial charge in [0.05, 0.1) is 10.8 Å². The van der Waals surface area contributed by atoms with Gasteiger partial charge in [-0.3, -0.25) is 0 Å². The fraction of sp³-hybridized carbons (Fsp3) is 0.667. The van der Waals surface area contributed by atoms with Crippen molar-refractivity contribution in [2.24, 2.45) is 0 Å². The Kier molecular flexibility index (Phi) is 16.0. The molecule has 44 valence electrons. The summed E-state index contributed by atoms with van der Waals surface area (Å²) in [5, 5.41) is 9.54. The van der Waals surface area contributed by atoms with Crippen molar-refractivity contribution in [1.29, 1.82) is 0 Å². The molecular weight excluding hydrogens is 208 g/mol. The summed E-state index contributed by atoms with van der Waals surface area (Å²) >= 11 is 2.78. The van der Waals surface area contributed by atoms with Gasteiger partial charge in [-0.15, -0.1) is 0 Å². The van der Waals surface area contributed by atoms with E-state index >= 15 is 0 Å². The zero-order chi connectivity index (χ0) is 5.15. The largest absolute Gasteiger partial charge is 2.00 e. The Balaban J connectivity index is -0.000000125. The predicted octanol–water partition coefficient (Wildman–Crippen LogP) is -3.86. The summed E-state index contributed by atoms with van der Waals surface area (Å²) in [6.07, 6.45) is 0. The molecule has 8 heavy (non-hydrogen) atoms. The number of carbonyl (C=O) groups is 1. The van der Waals surface area contributed by atoms with Crippen LogP contribution in [0.15, 0.2) is 0 Å². The van der Waals surface area contributed by atoms with Gasteiger partial charge in [-0.05, 0) is 6.92 Å². The second kappa shape index (κ2) is 8.01. The molecular formula is C3H4BrClMgO2. The maximum atomic E-state index is 9.54. The number of carbonyl (C=O) groups excluding carboxylic acids is 1. The Labute approximate surface area is 78.7 Å². The van der Waals surface area contributed by atoms with Crippen molar-refractivity contribution >= 4 is 45.0 Å². The molecule has 0 radical (unpaired) electrons. The second-order valence-electron chi connectivity index (χ2n) is 0.935. The summed E-state index contributed by atoms with van der Waals surface area (Å²) in [4.78, 5) is 9.01. The first-order valence-corrected chi connectivity index (χ1v) is 2.41. The molecule has 0 spiro atoms. The van der Waals surface area contributed by atoms with Crippen molar-refractivity contribution in [2.75, 3.05) is 0 Å². The third-order valence-electron chi connectivity index (χ3n) is 0.325. The zero-order valence-corrected chi connectivity index (χ0v) is 8.11. The molecule has 0 aromatic heterocycles. The standard InChI is InChI=1S/C3H5BrO2.ClH.Mg/c1-2(4)3(5)6;;/h2H,1H3,(H,5,6);1H;/q;;+2/p-2. The fourth-order valence-electron chi connectivity index (χ4n) is 0. The number of hydrogen-bond donors (Lipinski definition) is 0. The minimum atomic E-state index is -1.07. The summed E-state index contributed by atoms with van der Waals surface area (Å²) in [7, 11) is 0. The van der Waals surface area contributed by atoms with Gasteiger partial charge in [0.2, 0.25) is 0 Å². The van der Waals surface area contributed by atoms with Gasteiger partial charge in [0, 0.05) is 0 Å². The first-order valence-electron chi connectivity index (χ1n) is 1.49. The minimum absolute atomic E-state index is 0. The van der Waals surface area contributed by atoms with E-state index in [0.29, 0.717) is 0 Å². The summed E-state index contributed by atoms with van der Waals surface area (Å²) in [6.45, 7) is 1.50. The molecule has 0 aliphatic carbocycles. The number of carboxylic acid groups (broad SMARTS) is 1. The van der Waals surface area contributed by atoms with Crippen LogP contribution in [0, 0.1) is 0 Å². The van der Waals surface area contributed by atoms with E-state index in [1.165, 1.54) is 6.92 Å². The molecule has 0 amide bonds. The van der Waals surface area contributed by atoms with E-state index in [1.807, 2.05) is 0 Å². The maximum Gasteiger partial charge on any atom is 2.00 e. The van der Waals surface area contributed by atoms with Crippen molar-refractivity contribution in [1.82, 2.24) is 0 Å². The molecule has 5 heteroatoms. The number of alkyl halides is 1. The van der Waals surface area contributed by atoms with Gasteiger partial charge in [-0.2, -0.15) is 0 Å². The van der Waals surface area contributed by atoms with E-state index in [4.69, 9.17) is 0 Å². The number of aliphatic carboxylic acids is 1. The fourth-order valence-corrected chi connectivity index (χ4v) is 0. The van der Waals surface area contributed by atoms with E-state index in [-0.39, 0.29) is 35.5 Å². The molecule has 0 fully saturated rings. The normalized spacial score (nSPS) is 10.2. The van der Waals surface area contributed by atoms with Crippen LogP contribution in [-0.4, -0.2) is 33.8 Å². The van der Waals surface area contributed by atoms with Gasteiger partial charge in [-0.25, -0.2) is 0 Å². The van der Waals surface area contributed by atoms with Crippen LogP contribution in [0.2, 0.25) is 0 Å². The summed E-state index contributed by atoms with van der Waals surface area (Å²) in [6, 6.07) is 0. The van der Waals surface area contributed by atoms with Crippen molar-refractivity contribution in [3.05, 3.63) is 0 Å². The first kappa shape index (κ1) is 16.0. The van der Waals surface area contributed by atoms with Crippen molar-refractivity contribution in [2.45, 2.75) is 11.8 Å². The van der Waals surface area contributed by atoms with E-state index in [0.717, 1.165) is 0 Å². The molecule has 0 saturated carbocycles. The number of hydrogen-bond acceptors (Lipinski definition) is 2. The average molecular weight is 212 g/mol. The van der Waals surface area contributed by atoms with E-state index in [9.17, 15) is 9.90 Å². The molecule has 0 rings (SSSR count). The van der Waals surface area contributed by atoms with Crippen LogP contribution >= 0.6 is 15.9 Å². The van der Waals surface area contributed by atoms with Gasteiger partial charge in [0.1, 0.15) is 0 Å². The van der Waals surface area contributed by atoms with Crippen LogP contribution < -0.4 is 17.5 Å². The molecule has 0 bridgehead atoms. The second-order valence-corrected chi connectivity index (χ2v) is 2.31. The monoisotopic (exact) mass is 210 g/mol. The molecule has 1 atom stereocenters. The van der Waals surface area contributed by atoms with Gasteiger partial charge < -0.3 is 22.3 Å². The van der Waals surface area contributed by atoms with Gasteiger partial charge in [0.25, 0.3) is 0 Å². The van der Waals surface area contributed by atoms with Gasteiger partial charge >= 0.3 is 23.1 Å². The van der Waals surface area contributed by atoms with Crippen molar-refractivity contribution < 1.29 is 22.3 Å². The average Bonchev–Trinajstić information content (AvgIpc) is 1.36. The maximum absolute atomic E-state index is 9.54. The molecule has 0 saturated heterocycles. The molecule has 0 aliphatic rings. The van der Waals surface area contributed by atoms with Gasteiger partial charge in [0.15, 0.2) is 0 Å². The van der Waals surface area contributed by atoms with Crippen molar-refractivity contribution in [3.8, 4) is 0 Å². The molecule has 0 heterocycles. The van der Waals surface area contributed by atoms with E-state index in [2.05, 4.69) is 15.9 Å². The predicted molar refractivity (Wildman–Crippen MR) is 29.1 cm³/mol. The SMILES string of the molecule is CC(Br)C(=O)[O-].[Cl-].[Mg+2]. The topological polar surface area (TPSA) is 40.1 Å². The van der Waals surface area contributed by atoms with Crippen LogP contribution in [0.4, 0.5) is 0 Å². The van der Waals surface area contributed by atoms with Crippen molar-refractivity contribution in [3.63, 3.8) is 0 Å². The van der Waals surface area contributed by atoms with Crippen LogP contribution in [0.3, 0.4) is 0 Å². The Morgan fingerprint density at radius 1 is 1.75 bits per heavy atom. The third kappa shape index (κ3) is 10.1. The smallest absolute Gasteiger partial charge is 1.00 e. The molecule has 0 aromatic rings. The van der Waals surface area contributed by atoms with Crippen LogP contribution in [-0.2, 0) is 4.79 Å². The number of halogens is 2. The minimum Gasteiger partial charge on any atom is -1.00 e. The third-order valence-corrected chi connectivity index (χ3v) is 0.699. The molecule has 2 nitrogen and oxygen atoms in total. The Hall–Kier alpha value is 1.01. The van der Waals surface area contributed by atoms with Crippen LogP contribution in [0.25, 0.3) is 0 Å². The summed E-state index contributed by atoms with van der Waals surface area (Å²) in [5.74, 6) is -1.07. The van der Waals surface area contributed by atoms with Crippen LogP contribution in [0.5, 0.6) is 0 Å². The number of rotatable bonds is 1. The molecule has 0 N–H and O–H groups in total. The Bertz CT molecular complexity index is 68.3. The molecule has 0 aromatic carbocycles. The number of carboxylic acids is 1. The summed E-state index contributed by atoms with van der Waals surface area (Å²) in [5.41, 5.74) is 0. The Morgan fingerprint density at radius 2 is 1.88 bits per heavy atom. The Morgan fingerprint density at radius 3 is 1.88 bits per heavy atom. The zero-order valence-electron chi connectivity index (χ0n) is 4.36. The van der Waals surface area contributed by atoms with Gasteiger partial charge in [-0.1, -0.05) is 15.9 Å². The van der Waals surface area contributed by atoms with Crippen LogP contribution in [0.1, 0.15) is 6.92 Å². The summed E-state index contributed by atoms with van der Waals surface area (Å²) < 4.78 is 0. The van der Waals surface area contributed by atoms with E-state index in [1.54, 1.807) is 0 Å².